The maximum absolute atomic E-state index is 13.3. The van der Waals surface area contributed by atoms with Crippen LogP contribution in [0.2, 0.25) is 0 Å². The second kappa shape index (κ2) is 3.04. The predicted octanol–water partition coefficient (Wildman–Crippen LogP) is 1.58. The first kappa shape index (κ1) is 9.12. The molecule has 0 radical (unpaired) electrons. The standard InChI is InChI=1S/C10H11FN2O/c1-6(2)13-5-7-8(11)3-4-12-9(7)10(13)14/h3-4,6H,5H2,1-2H3. The van der Waals surface area contributed by atoms with Crippen LogP contribution in [0.5, 0.6) is 0 Å². The van der Waals surface area contributed by atoms with Crippen LogP contribution >= 0.6 is 0 Å². The molecular formula is C10H11FN2O. The summed E-state index contributed by atoms with van der Waals surface area (Å²) in [4.78, 5) is 17.2. The molecule has 0 unspecified atom stereocenters. The van der Waals surface area contributed by atoms with Crippen LogP contribution in [0, 0.1) is 5.82 Å². The van der Waals surface area contributed by atoms with Crippen LogP contribution in [-0.2, 0) is 6.54 Å². The first-order valence-electron chi connectivity index (χ1n) is 4.55. The maximum Gasteiger partial charge on any atom is 0.273 e. The molecule has 4 heteroatoms. The highest BCUT2D eigenvalue weighted by Crippen LogP contribution is 2.24. The minimum absolute atomic E-state index is 0.0797. The van der Waals surface area contributed by atoms with Gasteiger partial charge in [-0.3, -0.25) is 9.78 Å². The first-order chi connectivity index (χ1) is 6.61. The average Bonchev–Trinajstić information content (AvgIpc) is 2.46. The maximum atomic E-state index is 13.3. The van der Waals surface area contributed by atoms with E-state index < -0.39 is 0 Å². The Morgan fingerprint density at radius 3 is 2.86 bits per heavy atom. The van der Waals surface area contributed by atoms with Gasteiger partial charge >= 0.3 is 0 Å². The molecule has 0 spiro atoms. The molecule has 0 N–H and O–H groups in total. The molecule has 1 amide bonds. The highest BCUT2D eigenvalue weighted by Gasteiger charge is 2.32. The number of halogens is 1. The van der Waals surface area contributed by atoms with Crippen LogP contribution in [0.15, 0.2) is 12.3 Å². The van der Waals surface area contributed by atoms with E-state index in [1.807, 2.05) is 13.8 Å². The van der Waals surface area contributed by atoms with E-state index >= 15 is 0 Å². The number of rotatable bonds is 1. The lowest BCUT2D eigenvalue weighted by Crippen LogP contribution is -2.31. The van der Waals surface area contributed by atoms with E-state index in [9.17, 15) is 9.18 Å². The third-order valence-electron chi connectivity index (χ3n) is 2.41. The predicted molar refractivity (Wildman–Crippen MR) is 49.2 cm³/mol. The zero-order valence-electron chi connectivity index (χ0n) is 8.12. The van der Waals surface area contributed by atoms with E-state index in [1.165, 1.54) is 12.3 Å². The lowest BCUT2D eigenvalue weighted by Gasteiger charge is -2.19. The van der Waals surface area contributed by atoms with Gasteiger partial charge in [0.15, 0.2) is 0 Å². The fourth-order valence-electron chi connectivity index (χ4n) is 1.60. The van der Waals surface area contributed by atoms with Gasteiger partial charge in [-0.15, -0.1) is 0 Å². The van der Waals surface area contributed by atoms with Crippen LogP contribution in [-0.4, -0.2) is 21.8 Å². The molecule has 1 aromatic heterocycles. The van der Waals surface area contributed by atoms with Gasteiger partial charge < -0.3 is 4.90 Å². The fourth-order valence-corrected chi connectivity index (χ4v) is 1.60. The van der Waals surface area contributed by atoms with Gasteiger partial charge in [0.25, 0.3) is 5.91 Å². The van der Waals surface area contributed by atoms with Gasteiger partial charge in [0.1, 0.15) is 11.5 Å². The van der Waals surface area contributed by atoms with Crippen molar-refractivity contribution in [2.24, 2.45) is 0 Å². The summed E-state index contributed by atoms with van der Waals surface area (Å²) >= 11 is 0. The Morgan fingerprint density at radius 2 is 2.29 bits per heavy atom. The number of aromatic nitrogens is 1. The van der Waals surface area contributed by atoms with Crippen LogP contribution in [0.4, 0.5) is 4.39 Å². The number of carbonyl (C=O) groups excluding carboxylic acids is 1. The number of fused-ring (bicyclic) bond motifs is 1. The van der Waals surface area contributed by atoms with E-state index in [-0.39, 0.29) is 23.5 Å². The van der Waals surface area contributed by atoms with Crippen molar-refractivity contribution in [3.8, 4) is 0 Å². The number of hydrogen-bond acceptors (Lipinski definition) is 2. The van der Waals surface area contributed by atoms with Gasteiger partial charge in [-0.25, -0.2) is 4.39 Å². The van der Waals surface area contributed by atoms with Crippen LogP contribution in [0.3, 0.4) is 0 Å². The molecule has 2 heterocycles. The summed E-state index contributed by atoms with van der Waals surface area (Å²) in [5.74, 6) is -0.513. The summed E-state index contributed by atoms with van der Waals surface area (Å²) < 4.78 is 13.3. The molecule has 0 bridgehead atoms. The van der Waals surface area contributed by atoms with Gasteiger partial charge in [0.2, 0.25) is 0 Å². The van der Waals surface area contributed by atoms with Crippen molar-refractivity contribution in [3.63, 3.8) is 0 Å². The van der Waals surface area contributed by atoms with E-state index in [0.717, 1.165) is 0 Å². The van der Waals surface area contributed by atoms with Crippen molar-refractivity contribution in [3.05, 3.63) is 29.3 Å². The second-order valence-corrected chi connectivity index (χ2v) is 3.65. The quantitative estimate of drug-likeness (QED) is 0.680. The minimum Gasteiger partial charge on any atom is -0.330 e. The van der Waals surface area contributed by atoms with Crippen molar-refractivity contribution in [2.45, 2.75) is 26.4 Å². The van der Waals surface area contributed by atoms with Gasteiger partial charge in [-0.1, -0.05) is 0 Å². The van der Waals surface area contributed by atoms with Gasteiger partial charge in [0, 0.05) is 17.8 Å². The van der Waals surface area contributed by atoms with Crippen LogP contribution < -0.4 is 0 Å². The molecule has 0 aromatic carbocycles. The lowest BCUT2D eigenvalue weighted by atomic mass is 10.2. The number of nitrogens with zero attached hydrogens (tertiary/aromatic N) is 2. The molecular weight excluding hydrogens is 183 g/mol. The zero-order chi connectivity index (χ0) is 10.3. The summed E-state index contributed by atoms with van der Waals surface area (Å²) in [5.41, 5.74) is 0.685. The Hall–Kier alpha value is -1.45. The molecule has 0 saturated heterocycles. The molecule has 14 heavy (non-hydrogen) atoms. The molecule has 74 valence electrons. The molecule has 0 saturated carbocycles. The lowest BCUT2D eigenvalue weighted by molar-refractivity contribution is 0.0726. The summed E-state index contributed by atoms with van der Waals surface area (Å²) in [5, 5.41) is 0. The molecule has 1 aliphatic heterocycles. The number of hydrogen-bond donors (Lipinski definition) is 0. The normalized spacial score (nSPS) is 15.1. The SMILES string of the molecule is CC(C)N1Cc2c(F)ccnc2C1=O. The van der Waals surface area contributed by atoms with Gasteiger partial charge in [-0.2, -0.15) is 0 Å². The van der Waals surface area contributed by atoms with Gasteiger partial charge in [0.05, 0.1) is 6.54 Å². The topological polar surface area (TPSA) is 33.2 Å². The highest BCUT2D eigenvalue weighted by atomic mass is 19.1. The minimum atomic E-state index is -0.341. The molecule has 0 atom stereocenters. The largest absolute Gasteiger partial charge is 0.330 e. The van der Waals surface area contributed by atoms with Crippen LogP contribution in [0.1, 0.15) is 29.9 Å². The Balaban J connectivity index is 2.45. The Labute approximate surface area is 81.6 Å². The molecule has 1 aromatic rings. The molecule has 0 fully saturated rings. The monoisotopic (exact) mass is 194 g/mol. The van der Waals surface area contributed by atoms with Crippen molar-refractivity contribution < 1.29 is 9.18 Å². The second-order valence-electron chi connectivity index (χ2n) is 3.65. The third kappa shape index (κ3) is 1.18. The zero-order valence-corrected chi connectivity index (χ0v) is 8.12. The van der Waals surface area contributed by atoms with Crippen molar-refractivity contribution in [1.29, 1.82) is 0 Å². The van der Waals surface area contributed by atoms with Crippen LogP contribution in [0.25, 0.3) is 0 Å². The molecule has 2 rings (SSSR count). The highest BCUT2D eigenvalue weighted by molar-refractivity contribution is 5.96. The Bertz CT molecular complexity index is 390. The van der Waals surface area contributed by atoms with Crippen molar-refractivity contribution in [2.75, 3.05) is 0 Å². The third-order valence-corrected chi connectivity index (χ3v) is 2.41. The number of carbonyl (C=O) groups is 1. The van der Waals surface area contributed by atoms with E-state index in [2.05, 4.69) is 4.98 Å². The number of amides is 1. The smallest absolute Gasteiger partial charge is 0.273 e. The summed E-state index contributed by atoms with van der Waals surface area (Å²) in [6, 6.07) is 1.37. The van der Waals surface area contributed by atoms with E-state index in [4.69, 9.17) is 0 Å². The molecule has 0 aliphatic carbocycles. The summed E-state index contributed by atoms with van der Waals surface area (Å²) in [7, 11) is 0. The fraction of sp³-hybridized carbons (Fsp3) is 0.400. The Kier molecular flexibility index (Phi) is 1.98. The van der Waals surface area contributed by atoms with E-state index in [1.54, 1.807) is 4.90 Å². The summed E-state index contributed by atoms with van der Waals surface area (Å²) in [6.07, 6.45) is 1.33. The first-order valence-corrected chi connectivity index (χ1v) is 4.55. The molecule has 3 nitrogen and oxygen atoms in total. The molecule has 1 aliphatic rings. The number of pyridine rings is 1. The average molecular weight is 194 g/mol. The van der Waals surface area contributed by atoms with Crippen molar-refractivity contribution in [1.82, 2.24) is 9.88 Å². The Morgan fingerprint density at radius 1 is 1.57 bits per heavy atom. The van der Waals surface area contributed by atoms with Gasteiger partial charge in [-0.05, 0) is 19.9 Å². The summed E-state index contributed by atoms with van der Waals surface area (Å²) in [6.45, 7) is 4.15. The van der Waals surface area contributed by atoms with E-state index in [0.29, 0.717) is 12.1 Å². The van der Waals surface area contributed by atoms with Crippen molar-refractivity contribution >= 4 is 5.91 Å².